The van der Waals surface area contributed by atoms with Crippen LogP contribution in [-0.2, 0) is 14.6 Å². The minimum Gasteiger partial charge on any atom is -0.494 e. The van der Waals surface area contributed by atoms with Crippen molar-refractivity contribution in [3.63, 3.8) is 0 Å². The fourth-order valence-corrected chi connectivity index (χ4v) is 3.44. The highest BCUT2D eigenvalue weighted by molar-refractivity contribution is 7.91. The summed E-state index contributed by atoms with van der Waals surface area (Å²) < 4.78 is 42.5. The van der Waals surface area contributed by atoms with Gasteiger partial charge in [0.1, 0.15) is 11.6 Å². The van der Waals surface area contributed by atoms with Gasteiger partial charge in [-0.15, -0.1) is 0 Å². The van der Waals surface area contributed by atoms with Gasteiger partial charge in [0, 0.05) is 13.0 Å². The first-order chi connectivity index (χ1) is 12.4. The van der Waals surface area contributed by atoms with E-state index in [4.69, 9.17) is 4.74 Å². The predicted octanol–water partition coefficient (Wildman–Crippen LogP) is 2.88. The molecule has 0 spiro atoms. The Morgan fingerprint density at radius 3 is 2.38 bits per heavy atom. The number of ether oxygens (including phenoxy) is 1. The van der Waals surface area contributed by atoms with E-state index in [2.05, 4.69) is 5.32 Å². The van der Waals surface area contributed by atoms with Crippen LogP contribution in [0, 0.1) is 12.7 Å². The van der Waals surface area contributed by atoms with Crippen LogP contribution in [0.4, 0.5) is 4.39 Å². The molecule has 0 saturated heterocycles. The molecule has 0 aliphatic rings. The number of carbonyl (C=O) groups excluding carboxylic acids is 1. The van der Waals surface area contributed by atoms with Gasteiger partial charge in [-0.25, -0.2) is 12.8 Å². The lowest BCUT2D eigenvalue weighted by molar-refractivity contribution is -0.120. The molecule has 2 rings (SSSR count). The van der Waals surface area contributed by atoms with E-state index >= 15 is 0 Å². The van der Waals surface area contributed by atoms with Crippen molar-refractivity contribution in [3.05, 3.63) is 59.9 Å². The highest BCUT2D eigenvalue weighted by atomic mass is 32.2. The molecular formula is C19H22FNO4S. The SMILES string of the molecule is Cc1ccc(S(=O)(=O)CCC(=O)NCCCOc2ccc(F)cc2)cc1. The van der Waals surface area contributed by atoms with Crippen molar-refractivity contribution in [3.8, 4) is 5.75 Å². The van der Waals surface area contributed by atoms with Crippen LogP contribution in [0.3, 0.4) is 0 Å². The average molecular weight is 379 g/mol. The van der Waals surface area contributed by atoms with Crippen LogP contribution in [0.5, 0.6) is 5.75 Å². The van der Waals surface area contributed by atoms with Crippen molar-refractivity contribution >= 4 is 15.7 Å². The van der Waals surface area contributed by atoms with Gasteiger partial charge in [-0.05, 0) is 49.7 Å². The third-order valence-corrected chi connectivity index (χ3v) is 5.44. The van der Waals surface area contributed by atoms with E-state index < -0.39 is 9.84 Å². The summed E-state index contributed by atoms with van der Waals surface area (Å²) in [4.78, 5) is 12.0. The predicted molar refractivity (Wildman–Crippen MR) is 97.4 cm³/mol. The molecule has 26 heavy (non-hydrogen) atoms. The van der Waals surface area contributed by atoms with E-state index in [0.29, 0.717) is 25.3 Å². The fourth-order valence-electron chi connectivity index (χ4n) is 2.20. The highest BCUT2D eigenvalue weighted by Gasteiger charge is 2.16. The second-order valence-electron chi connectivity index (χ2n) is 5.89. The minimum absolute atomic E-state index is 0.0883. The lowest BCUT2D eigenvalue weighted by atomic mass is 10.2. The second-order valence-corrected chi connectivity index (χ2v) is 8.00. The van der Waals surface area contributed by atoms with Crippen LogP contribution in [0.2, 0.25) is 0 Å². The van der Waals surface area contributed by atoms with Crippen molar-refractivity contribution in [2.45, 2.75) is 24.7 Å². The van der Waals surface area contributed by atoms with Gasteiger partial charge in [0.15, 0.2) is 9.84 Å². The van der Waals surface area contributed by atoms with Crippen molar-refractivity contribution in [1.29, 1.82) is 0 Å². The molecule has 2 aromatic rings. The van der Waals surface area contributed by atoms with Crippen LogP contribution < -0.4 is 10.1 Å². The molecule has 1 N–H and O–H groups in total. The molecule has 0 heterocycles. The Bertz CT molecular complexity index is 818. The molecule has 5 nitrogen and oxygen atoms in total. The summed E-state index contributed by atoms with van der Waals surface area (Å²) in [6, 6.07) is 12.2. The molecule has 0 atom stereocenters. The standard InChI is InChI=1S/C19H22FNO4S/c1-15-3-9-18(10-4-15)26(23,24)14-11-19(22)21-12-2-13-25-17-7-5-16(20)6-8-17/h3-10H,2,11-14H2,1H3,(H,21,22). The Kier molecular flexibility index (Phi) is 7.15. The van der Waals surface area contributed by atoms with Crippen molar-refractivity contribution in [2.24, 2.45) is 0 Å². The smallest absolute Gasteiger partial charge is 0.221 e. The Labute approximate surface area is 153 Å². The van der Waals surface area contributed by atoms with Crippen molar-refractivity contribution < 1.29 is 22.3 Å². The number of amides is 1. The number of aryl methyl sites for hydroxylation is 1. The van der Waals surface area contributed by atoms with Crippen LogP contribution in [0.15, 0.2) is 53.4 Å². The number of benzene rings is 2. The summed E-state index contributed by atoms with van der Waals surface area (Å²) in [5.41, 5.74) is 0.976. The highest BCUT2D eigenvalue weighted by Crippen LogP contribution is 2.13. The molecule has 0 saturated carbocycles. The molecule has 0 aromatic heterocycles. The van der Waals surface area contributed by atoms with Gasteiger partial charge in [-0.3, -0.25) is 4.79 Å². The third kappa shape index (κ3) is 6.48. The average Bonchev–Trinajstić information content (AvgIpc) is 2.62. The van der Waals surface area contributed by atoms with Crippen LogP contribution >= 0.6 is 0 Å². The molecule has 1 amide bonds. The Morgan fingerprint density at radius 2 is 1.73 bits per heavy atom. The number of halogens is 1. The summed E-state index contributed by atoms with van der Waals surface area (Å²) >= 11 is 0. The number of carbonyl (C=O) groups is 1. The van der Waals surface area contributed by atoms with Gasteiger partial charge in [-0.1, -0.05) is 17.7 Å². The zero-order valence-corrected chi connectivity index (χ0v) is 15.4. The Balaban J connectivity index is 1.65. The minimum atomic E-state index is -3.46. The quantitative estimate of drug-likeness (QED) is 0.680. The molecule has 2 aromatic carbocycles. The van der Waals surface area contributed by atoms with Gasteiger partial charge in [0.25, 0.3) is 0 Å². The zero-order valence-electron chi connectivity index (χ0n) is 14.6. The summed E-state index contributed by atoms with van der Waals surface area (Å²) in [5, 5.41) is 2.67. The van der Waals surface area contributed by atoms with Gasteiger partial charge >= 0.3 is 0 Å². The van der Waals surface area contributed by atoms with Gasteiger partial charge < -0.3 is 10.1 Å². The molecule has 140 valence electrons. The van der Waals surface area contributed by atoms with Gasteiger partial charge in [0.05, 0.1) is 17.3 Å². The fraction of sp³-hybridized carbons (Fsp3) is 0.316. The van der Waals surface area contributed by atoms with Crippen LogP contribution in [0.25, 0.3) is 0 Å². The molecule has 0 aliphatic carbocycles. The normalized spacial score (nSPS) is 11.2. The topological polar surface area (TPSA) is 72.5 Å². The zero-order chi connectivity index (χ0) is 19.0. The summed E-state index contributed by atoms with van der Waals surface area (Å²) in [6.07, 6.45) is 0.475. The third-order valence-electron chi connectivity index (χ3n) is 3.70. The number of rotatable bonds is 9. The van der Waals surface area contributed by atoms with Gasteiger partial charge in [-0.2, -0.15) is 0 Å². The summed E-state index contributed by atoms with van der Waals surface area (Å²) in [5.74, 6) is -0.317. The first-order valence-electron chi connectivity index (χ1n) is 8.31. The molecular weight excluding hydrogens is 357 g/mol. The molecule has 0 bridgehead atoms. The number of hydrogen-bond donors (Lipinski definition) is 1. The van der Waals surface area contributed by atoms with E-state index in [1.54, 1.807) is 24.3 Å². The van der Waals surface area contributed by atoms with E-state index in [1.807, 2.05) is 6.92 Å². The van der Waals surface area contributed by atoms with E-state index in [-0.39, 0.29) is 28.8 Å². The second kappa shape index (κ2) is 9.33. The van der Waals surface area contributed by atoms with Crippen LogP contribution in [0.1, 0.15) is 18.4 Å². The van der Waals surface area contributed by atoms with E-state index in [9.17, 15) is 17.6 Å². The van der Waals surface area contributed by atoms with Crippen molar-refractivity contribution in [1.82, 2.24) is 5.32 Å². The number of sulfone groups is 1. The summed E-state index contributed by atoms with van der Waals surface area (Å²) in [7, 11) is -3.46. The van der Waals surface area contributed by atoms with E-state index in [1.165, 1.54) is 24.3 Å². The first-order valence-corrected chi connectivity index (χ1v) is 9.96. The Hall–Kier alpha value is -2.41. The molecule has 0 unspecified atom stereocenters. The van der Waals surface area contributed by atoms with E-state index in [0.717, 1.165) is 5.56 Å². The number of hydrogen-bond acceptors (Lipinski definition) is 4. The van der Waals surface area contributed by atoms with Crippen LogP contribution in [-0.4, -0.2) is 33.2 Å². The number of nitrogens with one attached hydrogen (secondary N) is 1. The molecule has 7 heteroatoms. The first kappa shape index (κ1) is 19.9. The maximum Gasteiger partial charge on any atom is 0.221 e. The molecule has 0 fully saturated rings. The molecule has 0 aliphatic heterocycles. The monoisotopic (exact) mass is 379 g/mol. The van der Waals surface area contributed by atoms with Gasteiger partial charge in [0.2, 0.25) is 5.91 Å². The summed E-state index contributed by atoms with van der Waals surface area (Å²) in [6.45, 7) is 2.63. The molecule has 0 radical (unpaired) electrons. The maximum absolute atomic E-state index is 12.8. The lowest BCUT2D eigenvalue weighted by Gasteiger charge is -2.08. The Morgan fingerprint density at radius 1 is 1.08 bits per heavy atom. The maximum atomic E-state index is 12.8. The lowest BCUT2D eigenvalue weighted by Crippen LogP contribution is -2.27. The van der Waals surface area contributed by atoms with Crippen molar-refractivity contribution in [2.75, 3.05) is 18.9 Å². The largest absolute Gasteiger partial charge is 0.494 e.